The van der Waals surface area contributed by atoms with Crippen LogP contribution in [0.2, 0.25) is 0 Å². The number of carbonyl (C=O) groups excluding carboxylic acids is 1. The van der Waals surface area contributed by atoms with Gasteiger partial charge in [-0.3, -0.25) is 4.79 Å². The highest BCUT2D eigenvalue weighted by Gasteiger charge is 2.20. The zero-order valence-corrected chi connectivity index (χ0v) is 23.2. The van der Waals surface area contributed by atoms with Crippen LogP contribution in [0.4, 0.5) is 5.82 Å². The summed E-state index contributed by atoms with van der Waals surface area (Å²) in [5.41, 5.74) is 3.80. The van der Waals surface area contributed by atoms with E-state index in [-0.39, 0.29) is 11.8 Å². The topological polar surface area (TPSA) is 84.7 Å². The number of nitrogens with zero attached hydrogens (tertiary/aromatic N) is 5. The van der Waals surface area contributed by atoms with Crippen LogP contribution >= 0.6 is 11.3 Å². The van der Waals surface area contributed by atoms with E-state index in [1.165, 1.54) is 0 Å². The van der Waals surface area contributed by atoms with E-state index in [1.54, 1.807) is 22.0 Å². The summed E-state index contributed by atoms with van der Waals surface area (Å²) in [5, 5.41) is 10.1. The fraction of sp³-hybridized carbons (Fsp3) is 0.448. The molecule has 0 amide bonds. The summed E-state index contributed by atoms with van der Waals surface area (Å²) in [6, 6.07) is 10.5. The van der Waals surface area contributed by atoms with Gasteiger partial charge in [0.15, 0.2) is 11.4 Å². The maximum atomic E-state index is 13.5. The number of rotatable bonds is 11. The molecule has 5 heterocycles. The van der Waals surface area contributed by atoms with Crippen LogP contribution in [0.1, 0.15) is 56.8 Å². The number of aromatic nitrogens is 4. The fourth-order valence-corrected chi connectivity index (χ4v) is 5.77. The van der Waals surface area contributed by atoms with E-state index < -0.39 is 0 Å². The molecule has 1 saturated heterocycles. The van der Waals surface area contributed by atoms with E-state index in [9.17, 15) is 4.79 Å². The Labute approximate surface area is 228 Å². The molecule has 0 spiro atoms. The second-order valence-electron chi connectivity index (χ2n) is 9.81. The lowest BCUT2D eigenvalue weighted by atomic mass is 10.0. The lowest BCUT2D eigenvalue weighted by Crippen LogP contribution is -2.33. The van der Waals surface area contributed by atoms with Crippen molar-refractivity contribution in [3.8, 4) is 21.8 Å². The number of ether oxygens (including phenoxy) is 1. The van der Waals surface area contributed by atoms with Crippen LogP contribution < -0.4 is 5.32 Å². The molecular weight excluding hydrogens is 496 g/mol. The molecule has 4 aromatic rings. The number of carbonyl (C=O) groups is 1. The summed E-state index contributed by atoms with van der Waals surface area (Å²) in [6.07, 6.45) is 6.86. The highest BCUT2D eigenvalue weighted by molar-refractivity contribution is 7.13. The minimum Gasteiger partial charge on any atom is -0.381 e. The van der Waals surface area contributed by atoms with Crippen molar-refractivity contribution in [1.29, 1.82) is 0 Å². The third-order valence-electron chi connectivity index (χ3n) is 7.36. The third-order valence-corrected chi connectivity index (χ3v) is 8.26. The Morgan fingerprint density at radius 2 is 2.00 bits per heavy atom. The van der Waals surface area contributed by atoms with Crippen LogP contribution in [-0.4, -0.2) is 68.7 Å². The summed E-state index contributed by atoms with van der Waals surface area (Å²) < 4.78 is 7.29. The maximum absolute atomic E-state index is 13.5. The van der Waals surface area contributed by atoms with Crippen LogP contribution in [0, 0.1) is 0 Å². The number of thiophene rings is 1. The van der Waals surface area contributed by atoms with Gasteiger partial charge in [0, 0.05) is 43.5 Å². The number of fused-ring (bicyclic) bond motifs is 1. The summed E-state index contributed by atoms with van der Waals surface area (Å²) in [5.74, 6) is 0.842. The molecule has 8 nitrogen and oxygen atoms in total. The predicted octanol–water partition coefficient (Wildman–Crippen LogP) is 5.80. The average Bonchev–Trinajstić information content (AvgIpc) is 3.63. The van der Waals surface area contributed by atoms with Gasteiger partial charge in [-0.2, -0.15) is 5.10 Å². The number of ketones is 1. The first kappa shape index (κ1) is 26.5. The molecule has 5 rings (SSSR count). The molecule has 1 aliphatic heterocycles. The highest BCUT2D eigenvalue weighted by Crippen LogP contribution is 2.29. The summed E-state index contributed by atoms with van der Waals surface area (Å²) in [4.78, 5) is 26.8. The monoisotopic (exact) mass is 532 g/mol. The van der Waals surface area contributed by atoms with Crippen molar-refractivity contribution in [3.05, 3.63) is 53.7 Å². The van der Waals surface area contributed by atoms with Gasteiger partial charge >= 0.3 is 0 Å². The molecular formula is C29H36N6O2S. The minimum absolute atomic E-state index is 0.131. The normalized spacial score (nSPS) is 15.3. The Kier molecular flexibility index (Phi) is 8.46. The zero-order valence-electron chi connectivity index (χ0n) is 22.4. The molecule has 0 radical (unpaired) electrons. The second-order valence-corrected chi connectivity index (χ2v) is 10.8. The highest BCUT2D eigenvalue weighted by atomic mass is 32.1. The van der Waals surface area contributed by atoms with Crippen LogP contribution in [0.25, 0.3) is 27.5 Å². The Morgan fingerprint density at radius 1 is 1.18 bits per heavy atom. The van der Waals surface area contributed by atoms with E-state index in [2.05, 4.69) is 42.2 Å². The fourth-order valence-electron chi connectivity index (χ4n) is 5.08. The van der Waals surface area contributed by atoms with Gasteiger partial charge in [0.2, 0.25) is 0 Å². The standard InChI is InChI=1S/C29H36N6O2S/c1-4-34(5-2)20(3)8-9-26(36)21-17-25(32-28(18-21)31-22-11-14-37-15-12-22)23-19-30-35-13-10-24(33-29(23)35)27-7-6-16-38-27/h6-7,10,13,16-20,22H,4-5,8-9,11-12,14-15H2,1-3H3,(H,31,32)/t20-/m0/s1. The number of pyridine rings is 1. The average molecular weight is 533 g/mol. The van der Waals surface area contributed by atoms with Crippen molar-refractivity contribution in [1.82, 2.24) is 24.5 Å². The number of Topliss-reactive ketones (excluding diaryl/α,β-unsaturated/α-hetero) is 1. The van der Waals surface area contributed by atoms with Gasteiger partial charge in [-0.05, 0) is 68.9 Å². The Bertz CT molecular complexity index is 1360. The third kappa shape index (κ3) is 5.95. The Balaban J connectivity index is 1.48. The van der Waals surface area contributed by atoms with Crippen molar-refractivity contribution < 1.29 is 9.53 Å². The van der Waals surface area contributed by atoms with E-state index in [4.69, 9.17) is 14.7 Å². The van der Waals surface area contributed by atoms with Gasteiger partial charge < -0.3 is 15.0 Å². The lowest BCUT2D eigenvalue weighted by Gasteiger charge is -2.26. The molecule has 9 heteroatoms. The summed E-state index contributed by atoms with van der Waals surface area (Å²) in [7, 11) is 0. The van der Waals surface area contributed by atoms with Crippen LogP contribution in [0.3, 0.4) is 0 Å². The van der Waals surface area contributed by atoms with Crippen LogP contribution in [0.15, 0.2) is 48.1 Å². The van der Waals surface area contributed by atoms with Gasteiger partial charge in [0.1, 0.15) is 5.82 Å². The summed E-state index contributed by atoms with van der Waals surface area (Å²) >= 11 is 1.65. The number of hydrogen-bond acceptors (Lipinski definition) is 8. The van der Waals surface area contributed by atoms with Gasteiger partial charge in [-0.1, -0.05) is 19.9 Å². The number of hydrogen-bond donors (Lipinski definition) is 1. The minimum atomic E-state index is 0.131. The van der Waals surface area contributed by atoms with Crippen molar-refractivity contribution in [2.45, 2.75) is 58.5 Å². The largest absolute Gasteiger partial charge is 0.381 e. The molecule has 200 valence electrons. The summed E-state index contributed by atoms with van der Waals surface area (Å²) in [6.45, 7) is 9.97. The van der Waals surface area contributed by atoms with Crippen LogP contribution in [0.5, 0.6) is 0 Å². The number of nitrogens with one attached hydrogen (secondary N) is 1. The molecule has 4 aromatic heterocycles. The first-order valence-electron chi connectivity index (χ1n) is 13.6. The van der Waals surface area contributed by atoms with Gasteiger partial charge in [0.05, 0.1) is 28.0 Å². The smallest absolute Gasteiger partial charge is 0.165 e. The van der Waals surface area contributed by atoms with E-state index >= 15 is 0 Å². The first-order valence-corrected chi connectivity index (χ1v) is 14.5. The molecule has 1 fully saturated rings. The predicted molar refractivity (Wildman–Crippen MR) is 153 cm³/mol. The van der Waals surface area contributed by atoms with Crippen LogP contribution in [-0.2, 0) is 4.74 Å². The molecule has 0 aliphatic carbocycles. The second kappa shape index (κ2) is 12.1. The van der Waals surface area contributed by atoms with Crippen molar-refractivity contribution in [2.75, 3.05) is 31.6 Å². The van der Waals surface area contributed by atoms with Crippen molar-refractivity contribution in [3.63, 3.8) is 0 Å². The van der Waals surface area contributed by atoms with Gasteiger partial charge in [-0.25, -0.2) is 14.5 Å². The lowest BCUT2D eigenvalue weighted by molar-refractivity contribution is 0.0903. The zero-order chi connectivity index (χ0) is 26.5. The van der Waals surface area contributed by atoms with E-state index in [0.29, 0.717) is 29.5 Å². The molecule has 1 atom stereocenters. The quantitative estimate of drug-likeness (QED) is 0.244. The number of anilines is 1. The first-order chi connectivity index (χ1) is 18.6. The molecule has 1 N–H and O–H groups in total. The molecule has 0 aromatic carbocycles. The van der Waals surface area contributed by atoms with E-state index in [0.717, 1.165) is 67.3 Å². The Morgan fingerprint density at radius 3 is 2.74 bits per heavy atom. The van der Waals surface area contributed by atoms with Crippen molar-refractivity contribution >= 4 is 28.6 Å². The molecule has 38 heavy (non-hydrogen) atoms. The van der Waals surface area contributed by atoms with Gasteiger partial charge in [-0.15, -0.1) is 11.3 Å². The molecule has 0 bridgehead atoms. The van der Waals surface area contributed by atoms with E-state index in [1.807, 2.05) is 35.8 Å². The molecule has 1 aliphatic rings. The maximum Gasteiger partial charge on any atom is 0.165 e. The Hall–Kier alpha value is -3.14. The van der Waals surface area contributed by atoms with Crippen molar-refractivity contribution in [2.24, 2.45) is 0 Å². The molecule has 0 unspecified atom stereocenters. The SMILES string of the molecule is CCN(CC)[C@@H](C)CCC(=O)c1cc(NC2CCOCC2)nc(-c2cnn3ccc(-c4cccs4)nc23)c1. The van der Waals surface area contributed by atoms with Gasteiger partial charge in [0.25, 0.3) is 0 Å². The molecule has 0 saturated carbocycles.